The molecule has 3 N–H and O–H groups in total. The van der Waals surface area contributed by atoms with E-state index in [1.54, 1.807) is 31.2 Å². The number of fused-ring (bicyclic) bond motifs is 1. The van der Waals surface area contributed by atoms with E-state index in [2.05, 4.69) is 9.97 Å². The molecule has 0 bridgehead atoms. The Morgan fingerprint density at radius 2 is 2.00 bits per heavy atom. The Morgan fingerprint density at radius 1 is 1.29 bits per heavy atom. The van der Waals surface area contributed by atoms with Gasteiger partial charge in [0.2, 0.25) is 0 Å². The molecule has 4 rings (SSSR count). The number of carbonyl (C=O) groups excluding carboxylic acids is 1. The van der Waals surface area contributed by atoms with Crippen molar-refractivity contribution in [2.45, 2.75) is 38.5 Å². The minimum Gasteiger partial charge on any atom is -0.364 e. The molecule has 146 valence electrons. The van der Waals surface area contributed by atoms with Crippen LogP contribution in [0.2, 0.25) is 5.02 Å². The number of halogens is 2. The predicted octanol–water partition coefficient (Wildman–Crippen LogP) is 4.47. The number of hydrogen-bond acceptors (Lipinski definition) is 3. The summed E-state index contributed by atoms with van der Waals surface area (Å²) in [5, 5.41) is 0.509. The van der Waals surface area contributed by atoms with Gasteiger partial charge in [0, 0.05) is 18.0 Å². The first kappa shape index (κ1) is 20.0. The number of benzene rings is 1. The van der Waals surface area contributed by atoms with Crippen molar-refractivity contribution < 1.29 is 9.18 Å². The number of pyridine rings is 2. The molecule has 1 fully saturated rings. The first-order valence-electron chi connectivity index (χ1n) is 9.11. The lowest BCUT2D eigenvalue weighted by molar-refractivity contribution is 0.0997. The fourth-order valence-electron chi connectivity index (χ4n) is 3.48. The van der Waals surface area contributed by atoms with Crippen LogP contribution in [0.5, 0.6) is 0 Å². The lowest BCUT2D eigenvalue weighted by Crippen LogP contribution is -2.18. The first-order valence-corrected chi connectivity index (χ1v) is 9.48. The van der Waals surface area contributed by atoms with Crippen LogP contribution in [0.1, 0.15) is 53.3 Å². The first-order chi connectivity index (χ1) is 13.4. The summed E-state index contributed by atoms with van der Waals surface area (Å²) in [5.74, 6) is -0.608. The van der Waals surface area contributed by atoms with Crippen LogP contribution in [0.3, 0.4) is 0 Å². The van der Waals surface area contributed by atoms with Crippen LogP contribution < -0.4 is 11.2 Å². The minimum atomic E-state index is -0.676. The molecule has 1 aliphatic rings. The monoisotopic (exact) mass is 401 g/mol. The number of primary amides is 1. The van der Waals surface area contributed by atoms with Gasteiger partial charge in [0.05, 0.1) is 15.9 Å². The molecule has 3 aromatic rings. The van der Waals surface area contributed by atoms with E-state index in [9.17, 15) is 14.0 Å². The highest BCUT2D eigenvalue weighted by Gasteiger charge is 2.20. The minimum absolute atomic E-state index is 0.0386. The van der Waals surface area contributed by atoms with Crippen LogP contribution in [0.4, 0.5) is 4.39 Å². The molecular weight excluding hydrogens is 381 g/mol. The number of nitrogens with two attached hydrogens (primary N) is 1. The highest BCUT2D eigenvalue weighted by molar-refractivity contribution is 6.31. The van der Waals surface area contributed by atoms with Crippen molar-refractivity contribution in [2.24, 2.45) is 5.73 Å². The normalized spacial score (nSPS) is 14.0. The van der Waals surface area contributed by atoms with Crippen molar-refractivity contribution in [3.63, 3.8) is 0 Å². The van der Waals surface area contributed by atoms with Crippen LogP contribution in [-0.2, 0) is 0 Å². The van der Waals surface area contributed by atoms with Crippen molar-refractivity contribution in [1.29, 1.82) is 0 Å². The molecule has 7 heteroatoms. The summed E-state index contributed by atoms with van der Waals surface area (Å²) in [4.78, 5) is 30.7. The second-order valence-corrected chi connectivity index (χ2v) is 7.27. The summed E-state index contributed by atoms with van der Waals surface area (Å²) in [7, 11) is 0. The van der Waals surface area contributed by atoms with E-state index in [4.69, 9.17) is 17.3 Å². The van der Waals surface area contributed by atoms with Gasteiger partial charge in [-0.3, -0.25) is 14.6 Å². The average Bonchev–Trinajstić information content (AvgIpc) is 3.21. The zero-order chi connectivity index (χ0) is 20.3. The zero-order valence-corrected chi connectivity index (χ0v) is 16.2. The highest BCUT2D eigenvalue weighted by atomic mass is 35.5. The molecule has 1 saturated carbocycles. The van der Waals surface area contributed by atoms with E-state index in [1.165, 1.54) is 25.1 Å². The quantitative estimate of drug-likeness (QED) is 0.664. The summed E-state index contributed by atoms with van der Waals surface area (Å²) >= 11 is 5.50. The van der Waals surface area contributed by atoms with Gasteiger partial charge in [-0.15, -0.1) is 0 Å². The molecule has 5 nitrogen and oxygen atoms in total. The Kier molecular flexibility index (Phi) is 6.09. The molecule has 28 heavy (non-hydrogen) atoms. The number of nitrogens with zero attached hydrogens (tertiary/aromatic N) is 1. The van der Waals surface area contributed by atoms with Crippen LogP contribution in [-0.4, -0.2) is 15.9 Å². The second-order valence-electron chi connectivity index (χ2n) is 6.89. The summed E-state index contributed by atoms with van der Waals surface area (Å²) in [6, 6.07) is 8.05. The van der Waals surface area contributed by atoms with Gasteiger partial charge < -0.3 is 10.7 Å². The zero-order valence-electron chi connectivity index (χ0n) is 15.5. The van der Waals surface area contributed by atoms with Gasteiger partial charge in [0.25, 0.3) is 5.91 Å². The number of aromatic amines is 1. The largest absolute Gasteiger partial charge is 0.364 e. The molecule has 0 radical (unpaired) electrons. The number of amides is 1. The molecule has 0 saturated heterocycles. The van der Waals surface area contributed by atoms with Crippen molar-refractivity contribution in [3.05, 3.63) is 74.5 Å². The topological polar surface area (TPSA) is 88.8 Å². The van der Waals surface area contributed by atoms with E-state index in [0.717, 1.165) is 24.1 Å². The third kappa shape index (κ3) is 4.22. The van der Waals surface area contributed by atoms with Gasteiger partial charge in [-0.25, -0.2) is 4.39 Å². The third-order valence-corrected chi connectivity index (χ3v) is 5.41. The van der Waals surface area contributed by atoms with Crippen molar-refractivity contribution in [2.75, 3.05) is 0 Å². The van der Waals surface area contributed by atoms with Crippen molar-refractivity contribution >= 4 is 28.4 Å². The molecule has 0 aliphatic heterocycles. The Bertz CT molecular complexity index is 1050. The van der Waals surface area contributed by atoms with E-state index >= 15 is 0 Å². The summed E-state index contributed by atoms with van der Waals surface area (Å²) in [6.07, 6.45) is 6.11. The van der Waals surface area contributed by atoms with Crippen LogP contribution in [0.25, 0.3) is 10.9 Å². The van der Waals surface area contributed by atoms with E-state index < -0.39 is 5.91 Å². The number of nitrogens with one attached hydrogen (secondary N) is 1. The fourth-order valence-corrected chi connectivity index (χ4v) is 3.60. The van der Waals surface area contributed by atoms with E-state index in [-0.39, 0.29) is 27.3 Å². The van der Waals surface area contributed by atoms with Crippen LogP contribution >= 0.6 is 11.6 Å². The Hall–Kier alpha value is -2.73. The lowest BCUT2D eigenvalue weighted by atomic mass is 10.0. The molecule has 1 aliphatic carbocycles. The second kappa shape index (κ2) is 8.52. The maximum atomic E-state index is 12.4. The molecule has 0 unspecified atom stereocenters. The van der Waals surface area contributed by atoms with Gasteiger partial charge in [-0.1, -0.05) is 36.6 Å². The molecule has 2 aromatic heterocycles. The Morgan fingerprint density at radius 3 is 2.61 bits per heavy atom. The number of hydrogen-bond donors (Lipinski definition) is 2. The number of H-pyrrole nitrogens is 1. The van der Waals surface area contributed by atoms with Gasteiger partial charge in [-0.2, -0.15) is 0 Å². The Labute approximate surface area is 166 Å². The maximum Gasteiger partial charge on any atom is 0.268 e. The summed E-state index contributed by atoms with van der Waals surface area (Å²) < 4.78 is 12.4. The smallest absolute Gasteiger partial charge is 0.268 e. The van der Waals surface area contributed by atoms with Gasteiger partial charge >= 0.3 is 0 Å². The number of carbonyl (C=O) groups is 1. The van der Waals surface area contributed by atoms with Crippen molar-refractivity contribution in [3.8, 4) is 0 Å². The SMILES string of the molecule is Cc1cccc(F)c1Cl.NC(=O)c1nccc2[nH]c(C3CCCC3)cc(=O)c12. The standard InChI is InChI=1S/C14H15N3O2.C7H6ClF/c15-14(19)13-12-9(5-6-16-13)17-10(7-11(12)18)8-3-1-2-4-8;1-5-3-2-4-6(9)7(5)8/h5-8H,1-4H2,(H2,15,19)(H,17,18);2-4H,1H3. The molecule has 1 amide bonds. The van der Waals surface area contributed by atoms with E-state index in [1.807, 2.05) is 0 Å². The molecule has 2 heterocycles. The Balaban J connectivity index is 0.000000211. The van der Waals surface area contributed by atoms with Gasteiger partial charge in [0.1, 0.15) is 11.5 Å². The maximum absolute atomic E-state index is 12.4. The summed E-state index contributed by atoms with van der Waals surface area (Å²) in [6.45, 7) is 1.77. The average molecular weight is 402 g/mol. The van der Waals surface area contributed by atoms with Gasteiger partial charge in [-0.05, 0) is 43.4 Å². The van der Waals surface area contributed by atoms with Gasteiger partial charge in [0.15, 0.2) is 5.43 Å². The fraction of sp³-hybridized carbons (Fsp3) is 0.286. The number of aromatic nitrogens is 2. The van der Waals surface area contributed by atoms with Crippen molar-refractivity contribution in [1.82, 2.24) is 9.97 Å². The predicted molar refractivity (Wildman–Crippen MR) is 108 cm³/mol. The highest BCUT2D eigenvalue weighted by Crippen LogP contribution is 2.33. The van der Waals surface area contributed by atoms with Crippen LogP contribution in [0, 0.1) is 12.7 Å². The van der Waals surface area contributed by atoms with Crippen LogP contribution in [0.15, 0.2) is 41.3 Å². The molecule has 1 aromatic carbocycles. The molecular formula is C21H21ClFN3O2. The third-order valence-electron chi connectivity index (χ3n) is 4.94. The number of aryl methyl sites for hydroxylation is 1. The lowest BCUT2D eigenvalue weighted by Gasteiger charge is -2.11. The summed E-state index contributed by atoms with van der Waals surface area (Å²) in [5.41, 5.74) is 7.48. The molecule has 0 spiro atoms. The number of rotatable bonds is 2. The molecule has 0 atom stereocenters. The van der Waals surface area contributed by atoms with E-state index in [0.29, 0.717) is 11.4 Å².